The van der Waals surface area contributed by atoms with Gasteiger partial charge in [0.1, 0.15) is 28.8 Å². The summed E-state index contributed by atoms with van der Waals surface area (Å²) in [5, 5.41) is 9.57. The summed E-state index contributed by atoms with van der Waals surface area (Å²) in [6.07, 6.45) is 0.653. The van der Waals surface area contributed by atoms with Crippen molar-refractivity contribution >= 4 is 33.3 Å². The number of anilines is 1. The number of halogens is 1. The van der Waals surface area contributed by atoms with Crippen LogP contribution in [0.2, 0.25) is 0 Å². The van der Waals surface area contributed by atoms with E-state index in [0.717, 1.165) is 16.6 Å². The molecule has 1 aliphatic rings. The van der Waals surface area contributed by atoms with Crippen molar-refractivity contribution in [1.29, 1.82) is 0 Å². The molecule has 0 N–H and O–H groups in total. The zero-order valence-corrected chi connectivity index (χ0v) is 20.5. The zero-order chi connectivity index (χ0) is 25.5. The van der Waals surface area contributed by atoms with E-state index in [2.05, 4.69) is 10.2 Å². The molecule has 9 heteroatoms. The summed E-state index contributed by atoms with van der Waals surface area (Å²) in [6, 6.07) is 19.8. The molecule has 0 saturated heterocycles. The fraction of sp³-hybridized carbons (Fsp3) is 0.143. The molecule has 3 aromatic carbocycles. The highest BCUT2D eigenvalue weighted by molar-refractivity contribution is 7.15. The van der Waals surface area contributed by atoms with Crippen molar-refractivity contribution in [3.63, 3.8) is 0 Å². The molecule has 1 amide bonds. The van der Waals surface area contributed by atoms with Gasteiger partial charge in [-0.15, -0.1) is 10.2 Å². The number of hydrogen-bond donors (Lipinski definition) is 0. The molecule has 3 heterocycles. The molecule has 0 spiro atoms. The van der Waals surface area contributed by atoms with E-state index in [1.54, 1.807) is 12.1 Å². The predicted octanol–water partition coefficient (Wildman–Crippen LogP) is 5.67. The number of rotatable bonds is 6. The third-order valence-electron chi connectivity index (χ3n) is 6.22. The minimum absolute atomic E-state index is 0.0707. The molecule has 0 aliphatic carbocycles. The minimum Gasteiger partial charge on any atom is -0.489 e. The smallest absolute Gasteiger partial charge is 0.297 e. The molecule has 2 aromatic heterocycles. The van der Waals surface area contributed by atoms with Crippen LogP contribution >= 0.6 is 11.3 Å². The lowest BCUT2D eigenvalue weighted by Crippen LogP contribution is -2.29. The summed E-state index contributed by atoms with van der Waals surface area (Å²) in [6.45, 7) is 2.30. The Morgan fingerprint density at radius 2 is 1.86 bits per heavy atom. The molecule has 5 aromatic rings. The van der Waals surface area contributed by atoms with E-state index in [9.17, 15) is 14.0 Å². The molecule has 37 heavy (non-hydrogen) atoms. The number of benzene rings is 3. The fourth-order valence-electron chi connectivity index (χ4n) is 4.46. The Morgan fingerprint density at radius 1 is 1.03 bits per heavy atom. The zero-order valence-electron chi connectivity index (χ0n) is 19.7. The second-order valence-corrected chi connectivity index (χ2v) is 9.61. The summed E-state index contributed by atoms with van der Waals surface area (Å²) in [5.41, 5.74) is 1.45. The average Bonchev–Trinajstić information content (AvgIpc) is 3.51. The van der Waals surface area contributed by atoms with Crippen LogP contribution < -0.4 is 15.1 Å². The summed E-state index contributed by atoms with van der Waals surface area (Å²) < 4.78 is 25.9. The van der Waals surface area contributed by atoms with Crippen LogP contribution in [0.15, 0.2) is 82.0 Å². The van der Waals surface area contributed by atoms with Crippen LogP contribution in [0.3, 0.4) is 0 Å². The van der Waals surface area contributed by atoms with Crippen LogP contribution in [-0.4, -0.2) is 16.1 Å². The van der Waals surface area contributed by atoms with Crippen LogP contribution in [0.5, 0.6) is 5.75 Å². The topological polar surface area (TPSA) is 85.5 Å². The lowest BCUT2D eigenvalue weighted by Gasteiger charge is -2.22. The van der Waals surface area contributed by atoms with E-state index >= 15 is 0 Å². The Balaban J connectivity index is 1.49. The average molecular weight is 514 g/mol. The van der Waals surface area contributed by atoms with E-state index in [-0.39, 0.29) is 22.3 Å². The Hall–Kier alpha value is -4.37. The first-order chi connectivity index (χ1) is 18.0. The molecule has 7 nitrogen and oxygen atoms in total. The Bertz CT molecular complexity index is 1700. The molecule has 1 aliphatic heterocycles. The van der Waals surface area contributed by atoms with E-state index in [1.165, 1.54) is 28.4 Å². The van der Waals surface area contributed by atoms with Crippen molar-refractivity contribution in [1.82, 2.24) is 10.2 Å². The van der Waals surface area contributed by atoms with E-state index in [0.29, 0.717) is 29.5 Å². The highest BCUT2D eigenvalue weighted by Crippen LogP contribution is 2.42. The molecule has 184 valence electrons. The van der Waals surface area contributed by atoms with Gasteiger partial charge in [0.05, 0.1) is 17.0 Å². The number of carbonyl (C=O) groups excluding carboxylic acids is 1. The van der Waals surface area contributed by atoms with Gasteiger partial charge in [0.15, 0.2) is 5.43 Å². The second kappa shape index (κ2) is 9.25. The number of fused-ring (bicyclic) bond motifs is 2. The maximum Gasteiger partial charge on any atom is 0.297 e. The molecular weight excluding hydrogens is 493 g/mol. The lowest BCUT2D eigenvalue weighted by atomic mass is 9.98. The molecule has 0 fully saturated rings. The van der Waals surface area contributed by atoms with Crippen LogP contribution in [-0.2, 0) is 13.0 Å². The summed E-state index contributed by atoms with van der Waals surface area (Å²) in [5.74, 6) is -0.578. The lowest BCUT2D eigenvalue weighted by molar-refractivity contribution is 0.0970. The third-order valence-corrected chi connectivity index (χ3v) is 7.29. The number of carbonyl (C=O) groups is 1. The third kappa shape index (κ3) is 4.07. The van der Waals surface area contributed by atoms with Crippen LogP contribution in [0.1, 0.15) is 45.2 Å². The van der Waals surface area contributed by atoms with Crippen molar-refractivity contribution in [2.24, 2.45) is 0 Å². The first-order valence-corrected chi connectivity index (χ1v) is 12.5. The summed E-state index contributed by atoms with van der Waals surface area (Å²) in [7, 11) is 0. The summed E-state index contributed by atoms with van der Waals surface area (Å²) in [4.78, 5) is 28.8. The molecule has 0 bridgehead atoms. The Morgan fingerprint density at radius 3 is 2.65 bits per heavy atom. The largest absolute Gasteiger partial charge is 0.489 e. The SMILES string of the molecule is CCc1nnc(N2C(=O)c3oc4ccc(F)cc4c(=O)c3C2c2cccc(OCc3ccccc3)c2)s1. The molecule has 0 saturated carbocycles. The molecule has 1 atom stereocenters. The molecular formula is C28H20FN3O4S. The second-order valence-electron chi connectivity index (χ2n) is 8.57. The maximum absolute atomic E-state index is 14.0. The van der Waals surface area contributed by atoms with Gasteiger partial charge in [0.2, 0.25) is 10.9 Å². The Labute approximate surface area is 214 Å². The van der Waals surface area contributed by atoms with Crippen LogP contribution in [0, 0.1) is 5.82 Å². The number of nitrogens with zero attached hydrogens (tertiary/aromatic N) is 3. The van der Waals surface area contributed by atoms with Gasteiger partial charge < -0.3 is 9.15 Å². The van der Waals surface area contributed by atoms with Crippen molar-refractivity contribution in [2.45, 2.75) is 26.0 Å². The quantitative estimate of drug-likeness (QED) is 0.291. The van der Waals surface area contributed by atoms with Gasteiger partial charge in [-0.3, -0.25) is 14.5 Å². The monoisotopic (exact) mass is 513 g/mol. The number of aryl methyl sites for hydroxylation is 1. The first kappa shape index (κ1) is 23.1. The van der Waals surface area contributed by atoms with Crippen LogP contribution in [0.25, 0.3) is 11.0 Å². The van der Waals surface area contributed by atoms with E-state index in [4.69, 9.17) is 9.15 Å². The number of hydrogen-bond acceptors (Lipinski definition) is 7. The van der Waals surface area contributed by atoms with Gasteiger partial charge in [-0.2, -0.15) is 0 Å². The number of amides is 1. The highest BCUT2D eigenvalue weighted by Gasteiger charge is 2.45. The summed E-state index contributed by atoms with van der Waals surface area (Å²) >= 11 is 1.28. The normalized spacial score (nSPS) is 14.8. The fourth-order valence-corrected chi connectivity index (χ4v) is 5.26. The highest BCUT2D eigenvalue weighted by atomic mass is 32.1. The van der Waals surface area contributed by atoms with Crippen molar-refractivity contribution < 1.29 is 18.3 Å². The van der Waals surface area contributed by atoms with Crippen LogP contribution in [0.4, 0.5) is 9.52 Å². The standard InChI is InChI=1S/C28H20FN3O4S/c1-2-22-30-31-28(37-22)32-24(17-9-6-10-19(13-17)35-15-16-7-4-3-5-8-16)23-25(33)20-14-18(29)11-12-21(20)36-26(23)27(32)34/h3-14,24H,2,15H2,1H3. The number of ether oxygens (including phenoxy) is 1. The first-order valence-electron chi connectivity index (χ1n) is 11.7. The van der Waals surface area contributed by atoms with Gasteiger partial charge >= 0.3 is 0 Å². The van der Waals surface area contributed by atoms with Crippen molar-refractivity contribution in [3.05, 3.63) is 116 Å². The van der Waals surface area contributed by atoms with Gasteiger partial charge in [0.25, 0.3) is 5.91 Å². The Kier molecular flexibility index (Phi) is 5.77. The molecule has 0 radical (unpaired) electrons. The van der Waals surface area contributed by atoms with Gasteiger partial charge in [-0.25, -0.2) is 4.39 Å². The van der Waals surface area contributed by atoms with Crippen molar-refractivity contribution in [2.75, 3.05) is 4.90 Å². The van der Waals surface area contributed by atoms with E-state index in [1.807, 2.05) is 49.4 Å². The number of aromatic nitrogens is 2. The molecule has 6 rings (SSSR count). The van der Waals surface area contributed by atoms with Gasteiger partial charge in [-0.05, 0) is 47.9 Å². The van der Waals surface area contributed by atoms with Gasteiger partial charge in [-0.1, -0.05) is 60.7 Å². The molecule has 1 unspecified atom stereocenters. The van der Waals surface area contributed by atoms with Crippen molar-refractivity contribution in [3.8, 4) is 5.75 Å². The van der Waals surface area contributed by atoms with Gasteiger partial charge in [0, 0.05) is 0 Å². The van der Waals surface area contributed by atoms with E-state index < -0.39 is 23.2 Å². The predicted molar refractivity (Wildman–Crippen MR) is 138 cm³/mol. The maximum atomic E-state index is 14.0. The minimum atomic E-state index is -0.843.